The molecule has 0 fully saturated rings. The maximum atomic E-state index is 5.31. The molecule has 0 bridgehead atoms. The van der Waals surface area contributed by atoms with Gasteiger partial charge in [0.05, 0.1) is 7.11 Å². The van der Waals surface area contributed by atoms with Crippen LogP contribution in [0.2, 0.25) is 0 Å². The van der Waals surface area contributed by atoms with Crippen LogP contribution in [0, 0.1) is 6.92 Å². The van der Waals surface area contributed by atoms with Crippen molar-refractivity contribution in [3.05, 3.63) is 66.2 Å². The predicted molar refractivity (Wildman–Crippen MR) is 80.7 cm³/mol. The van der Waals surface area contributed by atoms with Crippen molar-refractivity contribution in [2.45, 2.75) is 6.92 Å². The molecule has 0 radical (unpaired) electrons. The fourth-order valence-corrected chi connectivity index (χ4v) is 2.43. The van der Waals surface area contributed by atoms with Gasteiger partial charge in [0.15, 0.2) is 0 Å². The molecule has 3 rings (SSSR count). The van der Waals surface area contributed by atoms with E-state index in [0.29, 0.717) is 0 Å². The Balaban J connectivity index is 2.26. The van der Waals surface area contributed by atoms with Gasteiger partial charge in [0.1, 0.15) is 5.75 Å². The molecule has 3 aromatic rings. The molecular weight excluding hydrogens is 232 g/mol. The Bertz CT molecular complexity index is 729. The monoisotopic (exact) mass is 248 g/mol. The van der Waals surface area contributed by atoms with Gasteiger partial charge in [0, 0.05) is 0 Å². The zero-order chi connectivity index (χ0) is 13.2. The summed E-state index contributed by atoms with van der Waals surface area (Å²) >= 11 is 0. The van der Waals surface area contributed by atoms with Gasteiger partial charge < -0.3 is 4.74 Å². The molecule has 0 amide bonds. The number of methoxy groups -OCH3 is 1. The van der Waals surface area contributed by atoms with Crippen LogP contribution in [0.15, 0.2) is 60.7 Å². The summed E-state index contributed by atoms with van der Waals surface area (Å²) in [7, 11) is 1.70. The molecule has 3 aromatic carbocycles. The summed E-state index contributed by atoms with van der Waals surface area (Å²) in [5.41, 5.74) is 3.72. The summed E-state index contributed by atoms with van der Waals surface area (Å²) in [6.07, 6.45) is 0. The summed E-state index contributed by atoms with van der Waals surface area (Å²) in [6.45, 7) is 2.13. The van der Waals surface area contributed by atoms with Crippen molar-refractivity contribution >= 4 is 10.8 Å². The number of hydrogen-bond donors (Lipinski definition) is 0. The zero-order valence-corrected chi connectivity index (χ0v) is 11.2. The molecule has 19 heavy (non-hydrogen) atoms. The van der Waals surface area contributed by atoms with E-state index in [1.54, 1.807) is 7.11 Å². The second-order valence-corrected chi connectivity index (χ2v) is 4.76. The molecule has 0 atom stereocenters. The van der Waals surface area contributed by atoms with E-state index >= 15 is 0 Å². The molecule has 0 saturated carbocycles. The highest BCUT2D eigenvalue weighted by Crippen LogP contribution is 2.31. The first-order valence-corrected chi connectivity index (χ1v) is 6.42. The van der Waals surface area contributed by atoms with Crippen LogP contribution in [-0.2, 0) is 0 Å². The lowest BCUT2D eigenvalue weighted by Gasteiger charge is -2.09. The standard InChI is InChI=1S/C18H16O/c1-13-9-10-14-5-4-8-17(18(14)11-13)15-6-3-7-16(12-15)19-2/h3-12H,1-2H3. The maximum absolute atomic E-state index is 5.31. The minimum absolute atomic E-state index is 0.891. The van der Waals surface area contributed by atoms with Crippen LogP contribution in [0.3, 0.4) is 0 Å². The predicted octanol–water partition coefficient (Wildman–Crippen LogP) is 4.82. The third kappa shape index (κ3) is 2.19. The SMILES string of the molecule is COc1cccc(-c2cccc3ccc(C)cc23)c1. The number of benzene rings is 3. The lowest BCUT2D eigenvalue weighted by Crippen LogP contribution is -1.85. The van der Waals surface area contributed by atoms with E-state index in [1.807, 2.05) is 12.1 Å². The van der Waals surface area contributed by atoms with Gasteiger partial charge in [-0.05, 0) is 41.0 Å². The molecule has 1 nitrogen and oxygen atoms in total. The normalized spacial score (nSPS) is 10.6. The van der Waals surface area contributed by atoms with Gasteiger partial charge in [-0.1, -0.05) is 54.1 Å². The molecule has 0 aliphatic rings. The molecule has 0 aliphatic heterocycles. The van der Waals surface area contributed by atoms with Crippen LogP contribution in [0.1, 0.15) is 5.56 Å². The highest BCUT2D eigenvalue weighted by molar-refractivity contribution is 5.97. The Labute approximate surface area is 113 Å². The lowest BCUT2D eigenvalue weighted by molar-refractivity contribution is 0.415. The second-order valence-electron chi connectivity index (χ2n) is 4.76. The molecule has 0 N–H and O–H groups in total. The van der Waals surface area contributed by atoms with Crippen molar-refractivity contribution in [2.24, 2.45) is 0 Å². The Morgan fingerprint density at radius 2 is 1.68 bits per heavy atom. The second kappa shape index (κ2) is 4.77. The van der Waals surface area contributed by atoms with Crippen molar-refractivity contribution in [3.8, 4) is 16.9 Å². The summed E-state index contributed by atoms with van der Waals surface area (Å²) < 4.78 is 5.31. The molecule has 0 aliphatic carbocycles. The van der Waals surface area contributed by atoms with Crippen LogP contribution in [-0.4, -0.2) is 7.11 Å². The van der Waals surface area contributed by atoms with Crippen molar-refractivity contribution in [3.63, 3.8) is 0 Å². The zero-order valence-electron chi connectivity index (χ0n) is 11.2. The van der Waals surface area contributed by atoms with E-state index in [1.165, 1.54) is 27.5 Å². The fraction of sp³-hybridized carbons (Fsp3) is 0.111. The number of ether oxygens (including phenoxy) is 1. The Morgan fingerprint density at radius 1 is 0.842 bits per heavy atom. The number of hydrogen-bond acceptors (Lipinski definition) is 1. The number of rotatable bonds is 2. The minimum Gasteiger partial charge on any atom is -0.497 e. The van der Waals surface area contributed by atoms with Gasteiger partial charge >= 0.3 is 0 Å². The molecule has 0 spiro atoms. The lowest BCUT2D eigenvalue weighted by atomic mass is 9.97. The summed E-state index contributed by atoms with van der Waals surface area (Å²) in [4.78, 5) is 0. The number of fused-ring (bicyclic) bond motifs is 1. The third-order valence-electron chi connectivity index (χ3n) is 3.42. The molecule has 1 heteroatoms. The molecule has 0 saturated heterocycles. The first-order chi connectivity index (χ1) is 9.28. The first-order valence-electron chi connectivity index (χ1n) is 6.42. The van der Waals surface area contributed by atoms with Crippen LogP contribution in [0.25, 0.3) is 21.9 Å². The first kappa shape index (κ1) is 11.8. The van der Waals surface area contributed by atoms with Crippen molar-refractivity contribution in [2.75, 3.05) is 7.11 Å². The summed E-state index contributed by atoms with van der Waals surface area (Å²) in [5.74, 6) is 0.891. The van der Waals surface area contributed by atoms with Crippen molar-refractivity contribution in [1.29, 1.82) is 0 Å². The average molecular weight is 248 g/mol. The van der Waals surface area contributed by atoms with Gasteiger partial charge in [-0.25, -0.2) is 0 Å². The van der Waals surface area contributed by atoms with Crippen LogP contribution in [0.5, 0.6) is 5.75 Å². The molecule has 0 aromatic heterocycles. The van der Waals surface area contributed by atoms with Crippen LogP contribution in [0.4, 0.5) is 0 Å². The highest BCUT2D eigenvalue weighted by atomic mass is 16.5. The minimum atomic E-state index is 0.891. The summed E-state index contributed by atoms with van der Waals surface area (Å²) in [6, 6.07) is 21.2. The Kier molecular flexibility index (Phi) is 2.96. The van der Waals surface area contributed by atoms with E-state index in [2.05, 4.69) is 55.5 Å². The topological polar surface area (TPSA) is 9.23 Å². The van der Waals surface area contributed by atoms with Gasteiger partial charge in [0.2, 0.25) is 0 Å². The van der Waals surface area contributed by atoms with Crippen molar-refractivity contribution < 1.29 is 4.74 Å². The number of aryl methyl sites for hydroxylation is 1. The van der Waals surface area contributed by atoms with Crippen LogP contribution >= 0.6 is 0 Å². The Hall–Kier alpha value is -2.28. The average Bonchev–Trinajstić information content (AvgIpc) is 2.46. The Morgan fingerprint density at radius 3 is 2.53 bits per heavy atom. The maximum Gasteiger partial charge on any atom is 0.119 e. The highest BCUT2D eigenvalue weighted by Gasteiger charge is 2.04. The van der Waals surface area contributed by atoms with E-state index in [0.717, 1.165) is 5.75 Å². The van der Waals surface area contributed by atoms with Gasteiger partial charge in [-0.2, -0.15) is 0 Å². The molecule has 94 valence electrons. The fourth-order valence-electron chi connectivity index (χ4n) is 2.43. The van der Waals surface area contributed by atoms with Crippen LogP contribution < -0.4 is 4.74 Å². The van der Waals surface area contributed by atoms with Gasteiger partial charge in [-0.3, -0.25) is 0 Å². The van der Waals surface area contributed by atoms with Gasteiger partial charge in [-0.15, -0.1) is 0 Å². The van der Waals surface area contributed by atoms with Crippen molar-refractivity contribution in [1.82, 2.24) is 0 Å². The smallest absolute Gasteiger partial charge is 0.119 e. The van der Waals surface area contributed by atoms with Gasteiger partial charge in [0.25, 0.3) is 0 Å². The third-order valence-corrected chi connectivity index (χ3v) is 3.42. The summed E-state index contributed by atoms with van der Waals surface area (Å²) in [5, 5.41) is 2.56. The van der Waals surface area contributed by atoms with E-state index in [-0.39, 0.29) is 0 Å². The van der Waals surface area contributed by atoms with E-state index < -0.39 is 0 Å². The molecular formula is C18H16O. The van der Waals surface area contributed by atoms with E-state index in [9.17, 15) is 0 Å². The largest absolute Gasteiger partial charge is 0.497 e. The molecule has 0 heterocycles. The van der Waals surface area contributed by atoms with E-state index in [4.69, 9.17) is 4.74 Å². The quantitative estimate of drug-likeness (QED) is 0.631. The molecule has 0 unspecified atom stereocenters.